The number of rotatable bonds is 3. The van der Waals surface area contributed by atoms with Gasteiger partial charge in [0.05, 0.1) is 23.4 Å². The summed E-state index contributed by atoms with van der Waals surface area (Å²) in [5, 5.41) is 11.4. The highest BCUT2D eigenvalue weighted by atomic mass is 32.1. The first-order chi connectivity index (χ1) is 11.3. The Morgan fingerprint density at radius 1 is 1.35 bits per heavy atom. The lowest BCUT2D eigenvalue weighted by Crippen LogP contribution is -2.05. The predicted octanol–water partition coefficient (Wildman–Crippen LogP) is 2.62. The van der Waals surface area contributed by atoms with E-state index < -0.39 is 0 Å². The number of nitrogens with one attached hydrogen (secondary N) is 1. The number of H-pyrrole nitrogens is 1. The highest BCUT2D eigenvalue weighted by Gasteiger charge is 2.23. The van der Waals surface area contributed by atoms with Crippen LogP contribution in [0.2, 0.25) is 0 Å². The Balaban J connectivity index is 1.67. The maximum absolute atomic E-state index is 5.65. The van der Waals surface area contributed by atoms with Gasteiger partial charge in [-0.1, -0.05) is 12.1 Å². The molecule has 4 rings (SSSR count). The molecule has 2 aromatic heterocycles. The molecule has 0 saturated carbocycles. The van der Waals surface area contributed by atoms with Crippen LogP contribution in [0.15, 0.2) is 35.6 Å². The van der Waals surface area contributed by atoms with E-state index in [1.165, 1.54) is 0 Å². The van der Waals surface area contributed by atoms with Gasteiger partial charge in [0.2, 0.25) is 4.77 Å². The molecule has 0 bridgehead atoms. The third-order valence-corrected chi connectivity index (χ3v) is 3.93. The number of hydrogen-bond acceptors (Lipinski definition) is 6. The minimum absolute atomic E-state index is 0.0669. The number of ether oxygens (including phenoxy) is 1. The molecule has 0 aliphatic carbocycles. The standard InChI is InChI=1S/C15H14N6OS/c23-15-20-19-14(13-6-3-7-22-13)21(15)17-9-10-8-16-11-4-1-2-5-12(11)18-10/h1-2,4-5,8-9,13H,3,6-7H2,(H,20,23)/b17-9-/t13-/m0/s1. The number of hydrogen-bond donors (Lipinski definition) is 1. The van der Waals surface area contributed by atoms with Gasteiger partial charge < -0.3 is 4.74 Å². The van der Waals surface area contributed by atoms with Gasteiger partial charge in [0.25, 0.3) is 0 Å². The molecule has 8 heteroatoms. The van der Waals surface area contributed by atoms with Gasteiger partial charge in [-0.3, -0.25) is 10.1 Å². The molecule has 1 fully saturated rings. The Kier molecular flexibility index (Phi) is 3.68. The minimum atomic E-state index is -0.0669. The van der Waals surface area contributed by atoms with Crippen molar-refractivity contribution in [1.29, 1.82) is 0 Å². The van der Waals surface area contributed by atoms with Crippen molar-refractivity contribution in [2.75, 3.05) is 6.61 Å². The molecule has 3 heterocycles. The first-order valence-corrected chi connectivity index (χ1v) is 7.77. The summed E-state index contributed by atoms with van der Waals surface area (Å²) in [6, 6.07) is 7.70. The molecule has 116 valence electrons. The summed E-state index contributed by atoms with van der Waals surface area (Å²) in [7, 11) is 0. The Hall–Kier alpha value is -2.45. The Bertz CT molecular complexity index is 925. The van der Waals surface area contributed by atoms with E-state index in [0.717, 1.165) is 30.5 Å². The number of aromatic nitrogens is 5. The second-order valence-electron chi connectivity index (χ2n) is 5.23. The van der Waals surface area contributed by atoms with Crippen molar-refractivity contribution in [2.24, 2.45) is 5.10 Å². The minimum Gasteiger partial charge on any atom is -0.370 e. The van der Waals surface area contributed by atoms with Gasteiger partial charge in [-0.15, -0.1) is 0 Å². The summed E-state index contributed by atoms with van der Waals surface area (Å²) in [5.41, 5.74) is 2.33. The van der Waals surface area contributed by atoms with Crippen molar-refractivity contribution in [3.05, 3.63) is 46.8 Å². The summed E-state index contributed by atoms with van der Waals surface area (Å²) in [5.74, 6) is 0.692. The van der Waals surface area contributed by atoms with E-state index in [1.54, 1.807) is 17.1 Å². The number of aromatic amines is 1. The first-order valence-electron chi connectivity index (χ1n) is 7.36. The molecule has 0 spiro atoms. The van der Waals surface area contributed by atoms with Crippen LogP contribution in [0.1, 0.15) is 30.5 Å². The van der Waals surface area contributed by atoms with E-state index in [4.69, 9.17) is 17.0 Å². The molecule has 1 aliphatic heterocycles. The van der Waals surface area contributed by atoms with Crippen molar-refractivity contribution in [2.45, 2.75) is 18.9 Å². The number of fused-ring (bicyclic) bond motifs is 1. The van der Waals surface area contributed by atoms with E-state index in [2.05, 4.69) is 25.3 Å². The van der Waals surface area contributed by atoms with Crippen molar-refractivity contribution in [3.8, 4) is 0 Å². The third-order valence-electron chi connectivity index (χ3n) is 3.67. The van der Waals surface area contributed by atoms with E-state index in [9.17, 15) is 0 Å². The lowest BCUT2D eigenvalue weighted by atomic mass is 10.2. The molecule has 3 aromatic rings. The van der Waals surface area contributed by atoms with E-state index >= 15 is 0 Å². The molecule has 1 aromatic carbocycles. The Morgan fingerprint density at radius 3 is 3.04 bits per heavy atom. The largest absolute Gasteiger partial charge is 0.370 e. The highest BCUT2D eigenvalue weighted by molar-refractivity contribution is 7.71. The van der Waals surface area contributed by atoms with Crippen molar-refractivity contribution in [1.82, 2.24) is 24.8 Å². The van der Waals surface area contributed by atoms with Crippen molar-refractivity contribution in [3.63, 3.8) is 0 Å². The monoisotopic (exact) mass is 326 g/mol. The smallest absolute Gasteiger partial charge is 0.216 e. The van der Waals surface area contributed by atoms with Gasteiger partial charge in [-0.2, -0.15) is 14.9 Å². The van der Waals surface area contributed by atoms with Crippen molar-refractivity contribution < 1.29 is 4.74 Å². The fourth-order valence-electron chi connectivity index (χ4n) is 2.56. The fraction of sp³-hybridized carbons (Fsp3) is 0.267. The molecule has 1 atom stereocenters. The predicted molar refractivity (Wildman–Crippen MR) is 87.9 cm³/mol. The molecule has 1 aliphatic rings. The summed E-state index contributed by atoms with van der Waals surface area (Å²) in [4.78, 5) is 8.88. The quantitative estimate of drug-likeness (QED) is 0.591. The zero-order chi connectivity index (χ0) is 15.6. The van der Waals surface area contributed by atoms with Crippen LogP contribution in [0.5, 0.6) is 0 Å². The average molecular weight is 326 g/mol. The summed E-state index contributed by atoms with van der Waals surface area (Å²) < 4.78 is 7.67. The topological polar surface area (TPSA) is 81.0 Å². The van der Waals surface area contributed by atoms with Crippen LogP contribution in [0.3, 0.4) is 0 Å². The van der Waals surface area contributed by atoms with Gasteiger partial charge in [0.15, 0.2) is 5.82 Å². The zero-order valence-corrected chi connectivity index (χ0v) is 13.0. The first kappa shape index (κ1) is 14.2. The SMILES string of the molecule is S=c1[nH]nc([C@@H]2CCCO2)n1/N=C\c1cnc2ccccc2n1. The second kappa shape index (κ2) is 5.98. The van der Waals surface area contributed by atoms with Crippen LogP contribution >= 0.6 is 12.2 Å². The second-order valence-corrected chi connectivity index (χ2v) is 5.62. The van der Waals surface area contributed by atoms with Crippen LogP contribution < -0.4 is 0 Å². The van der Waals surface area contributed by atoms with Gasteiger partial charge in [-0.05, 0) is 37.2 Å². The molecular weight excluding hydrogens is 312 g/mol. The molecule has 7 nitrogen and oxygen atoms in total. The lowest BCUT2D eigenvalue weighted by Gasteiger charge is -2.07. The zero-order valence-electron chi connectivity index (χ0n) is 12.2. The van der Waals surface area contributed by atoms with Crippen molar-refractivity contribution >= 4 is 29.5 Å². The number of para-hydroxylation sites is 2. The van der Waals surface area contributed by atoms with Gasteiger partial charge >= 0.3 is 0 Å². The molecule has 1 N–H and O–H groups in total. The van der Waals surface area contributed by atoms with E-state index in [-0.39, 0.29) is 6.10 Å². The molecule has 0 amide bonds. The number of benzene rings is 1. The van der Waals surface area contributed by atoms with Crippen LogP contribution in [0, 0.1) is 4.77 Å². The Labute approximate surface area is 137 Å². The molecule has 0 radical (unpaired) electrons. The van der Waals surface area contributed by atoms with E-state index in [1.807, 2.05) is 24.3 Å². The maximum Gasteiger partial charge on any atom is 0.216 e. The normalized spacial score (nSPS) is 18.2. The molecular formula is C15H14N6OS. The third kappa shape index (κ3) is 2.78. The molecule has 0 unspecified atom stereocenters. The van der Waals surface area contributed by atoms with Crippen LogP contribution in [-0.4, -0.2) is 37.7 Å². The van der Waals surface area contributed by atoms with Crippen LogP contribution in [0.4, 0.5) is 0 Å². The van der Waals surface area contributed by atoms with E-state index in [0.29, 0.717) is 16.3 Å². The molecule has 23 heavy (non-hydrogen) atoms. The summed E-state index contributed by atoms with van der Waals surface area (Å²) in [6.07, 6.45) is 5.18. The lowest BCUT2D eigenvalue weighted by molar-refractivity contribution is 0.102. The molecule has 1 saturated heterocycles. The van der Waals surface area contributed by atoms with Gasteiger partial charge in [0, 0.05) is 6.61 Å². The highest BCUT2D eigenvalue weighted by Crippen LogP contribution is 2.26. The summed E-state index contributed by atoms with van der Waals surface area (Å²) in [6.45, 7) is 0.740. The van der Waals surface area contributed by atoms with Crippen LogP contribution in [-0.2, 0) is 4.74 Å². The van der Waals surface area contributed by atoms with Gasteiger partial charge in [-0.25, -0.2) is 4.98 Å². The Morgan fingerprint density at radius 2 is 2.22 bits per heavy atom. The number of nitrogens with zero attached hydrogens (tertiary/aromatic N) is 5. The maximum atomic E-state index is 5.65. The fourth-order valence-corrected chi connectivity index (χ4v) is 2.74. The van der Waals surface area contributed by atoms with Crippen LogP contribution in [0.25, 0.3) is 11.0 Å². The van der Waals surface area contributed by atoms with Gasteiger partial charge in [0.1, 0.15) is 11.8 Å². The average Bonchev–Trinajstić information content (AvgIpc) is 3.22. The summed E-state index contributed by atoms with van der Waals surface area (Å²) >= 11 is 5.24.